The first-order chi connectivity index (χ1) is 11.7. The topological polar surface area (TPSA) is 68.2 Å². The fraction of sp³-hybridized carbons (Fsp3) is 0.562. The van der Waals surface area contributed by atoms with Gasteiger partial charge in [-0.1, -0.05) is 0 Å². The van der Waals surface area contributed by atoms with E-state index in [1.807, 2.05) is 0 Å². The Morgan fingerprint density at radius 1 is 1.40 bits per heavy atom. The molecule has 2 aliphatic rings. The lowest BCUT2D eigenvalue weighted by molar-refractivity contribution is -0.206. The molecule has 1 aliphatic carbocycles. The number of methoxy groups -OCH3 is 1. The van der Waals surface area contributed by atoms with Crippen molar-refractivity contribution in [3.63, 3.8) is 0 Å². The van der Waals surface area contributed by atoms with Gasteiger partial charge in [-0.15, -0.1) is 0 Å². The highest BCUT2D eigenvalue weighted by Crippen LogP contribution is 2.47. The predicted molar refractivity (Wildman–Crippen MR) is 80.6 cm³/mol. The summed E-state index contributed by atoms with van der Waals surface area (Å²) >= 11 is 0. The summed E-state index contributed by atoms with van der Waals surface area (Å²) in [6.45, 7) is 0.118. The van der Waals surface area contributed by atoms with Gasteiger partial charge in [-0.3, -0.25) is 4.90 Å². The molecular formula is C16H18F3NO5. The van der Waals surface area contributed by atoms with Gasteiger partial charge in [0, 0.05) is 25.6 Å². The molecule has 9 heteroatoms. The number of benzene rings is 1. The minimum Gasteiger partial charge on any atom is -0.493 e. The Labute approximate surface area is 142 Å². The summed E-state index contributed by atoms with van der Waals surface area (Å²) in [6, 6.07) is 6.35. The first kappa shape index (κ1) is 17.8. The highest BCUT2D eigenvalue weighted by atomic mass is 19.4. The van der Waals surface area contributed by atoms with Gasteiger partial charge in [0.1, 0.15) is 11.9 Å². The number of nitrogens with zero attached hydrogens (tertiary/aromatic N) is 1. The van der Waals surface area contributed by atoms with Crippen LogP contribution in [0.5, 0.6) is 5.75 Å². The molecule has 1 saturated heterocycles. The summed E-state index contributed by atoms with van der Waals surface area (Å²) in [4.78, 5) is 13.5. The number of halogens is 3. The first-order valence-electron chi connectivity index (χ1n) is 7.76. The molecule has 0 bridgehead atoms. The smallest absolute Gasteiger partial charge is 0.415 e. The van der Waals surface area contributed by atoms with Gasteiger partial charge in [0.2, 0.25) is 0 Å². The van der Waals surface area contributed by atoms with Gasteiger partial charge in [0.25, 0.3) is 0 Å². The summed E-state index contributed by atoms with van der Waals surface area (Å²) in [5, 5.41) is 8.90. The second-order valence-corrected chi connectivity index (χ2v) is 6.14. The summed E-state index contributed by atoms with van der Waals surface area (Å²) in [6.07, 6.45) is -7.50. The van der Waals surface area contributed by atoms with Crippen LogP contribution in [0.4, 0.5) is 23.7 Å². The monoisotopic (exact) mass is 361 g/mol. The van der Waals surface area contributed by atoms with Crippen LogP contribution in [0.2, 0.25) is 0 Å². The van der Waals surface area contributed by atoms with Crippen LogP contribution in [0.3, 0.4) is 0 Å². The van der Waals surface area contributed by atoms with Gasteiger partial charge < -0.3 is 19.3 Å². The van der Waals surface area contributed by atoms with Crippen molar-refractivity contribution in [2.24, 2.45) is 0 Å². The molecule has 138 valence electrons. The summed E-state index contributed by atoms with van der Waals surface area (Å²) in [5.41, 5.74) is 0.0284. The first-order valence-corrected chi connectivity index (χ1v) is 7.76. The minimum absolute atomic E-state index is 0.0934. The van der Waals surface area contributed by atoms with E-state index in [4.69, 9.17) is 19.3 Å². The third-order valence-corrected chi connectivity index (χ3v) is 4.37. The van der Waals surface area contributed by atoms with E-state index in [0.29, 0.717) is 24.4 Å². The highest BCUT2D eigenvalue weighted by Gasteiger charge is 2.64. The van der Waals surface area contributed by atoms with Crippen LogP contribution in [0.15, 0.2) is 24.3 Å². The molecule has 1 spiro atoms. The maximum absolute atomic E-state index is 12.2. The number of amides is 1. The third kappa shape index (κ3) is 3.67. The molecule has 1 saturated carbocycles. The number of rotatable bonds is 6. The molecule has 1 aliphatic heterocycles. The Balaban J connectivity index is 1.54. The molecular weight excluding hydrogens is 343 g/mol. The molecule has 1 amide bonds. The zero-order chi connectivity index (χ0) is 18.2. The van der Waals surface area contributed by atoms with Crippen molar-refractivity contribution in [1.29, 1.82) is 0 Å². The van der Waals surface area contributed by atoms with Crippen LogP contribution in [0.1, 0.15) is 12.8 Å². The standard InChI is InChI=1S/C16H18F3NO5/c1-23-13-8-15(13)9-20(14(22)25-15)10-2-4-11(5-3-10)24-7-6-12(21)16(17,18)19/h2-5,12-13,21H,6-9H2,1H3/t12-,13?,15?/m1/s1. The molecule has 0 radical (unpaired) electrons. The Morgan fingerprint density at radius 2 is 2.08 bits per heavy atom. The molecule has 1 aromatic rings. The molecule has 1 N–H and O–H groups in total. The van der Waals surface area contributed by atoms with Crippen molar-refractivity contribution in [2.75, 3.05) is 25.2 Å². The van der Waals surface area contributed by atoms with Crippen LogP contribution in [-0.2, 0) is 9.47 Å². The van der Waals surface area contributed by atoms with Crippen molar-refractivity contribution in [3.8, 4) is 5.75 Å². The molecule has 2 fully saturated rings. The predicted octanol–water partition coefficient (Wildman–Crippen LogP) is 2.49. The highest BCUT2D eigenvalue weighted by molar-refractivity contribution is 5.91. The lowest BCUT2D eigenvalue weighted by Crippen LogP contribution is -2.30. The number of anilines is 1. The van der Waals surface area contributed by atoms with E-state index < -0.39 is 30.4 Å². The number of hydrogen-bond donors (Lipinski definition) is 1. The lowest BCUT2D eigenvalue weighted by Gasteiger charge is -2.16. The summed E-state index contributed by atoms with van der Waals surface area (Å²) in [5.74, 6) is 0.349. The van der Waals surface area contributed by atoms with E-state index in [0.717, 1.165) is 0 Å². The van der Waals surface area contributed by atoms with E-state index in [-0.39, 0.29) is 12.7 Å². The second kappa shape index (κ2) is 6.38. The molecule has 2 unspecified atom stereocenters. The molecule has 3 atom stereocenters. The Hall–Kier alpha value is -2.00. The van der Waals surface area contributed by atoms with Crippen LogP contribution in [0, 0.1) is 0 Å². The normalized spacial score (nSPS) is 26.7. The average Bonchev–Trinajstić information content (AvgIpc) is 3.13. The summed E-state index contributed by atoms with van der Waals surface area (Å²) < 4.78 is 52.4. The molecule has 6 nitrogen and oxygen atoms in total. The molecule has 25 heavy (non-hydrogen) atoms. The number of alkyl halides is 3. The lowest BCUT2D eigenvalue weighted by atomic mass is 10.2. The van der Waals surface area contributed by atoms with E-state index in [2.05, 4.69) is 0 Å². The van der Waals surface area contributed by atoms with Crippen LogP contribution in [-0.4, -0.2) is 55.4 Å². The quantitative estimate of drug-likeness (QED) is 0.843. The Kier molecular flexibility index (Phi) is 4.54. The largest absolute Gasteiger partial charge is 0.493 e. The van der Waals surface area contributed by atoms with Gasteiger partial charge in [0.15, 0.2) is 11.7 Å². The summed E-state index contributed by atoms with van der Waals surface area (Å²) in [7, 11) is 1.57. The van der Waals surface area contributed by atoms with E-state index in [9.17, 15) is 18.0 Å². The zero-order valence-electron chi connectivity index (χ0n) is 13.5. The Morgan fingerprint density at radius 3 is 2.64 bits per heavy atom. The number of carbonyl (C=O) groups is 1. The third-order valence-electron chi connectivity index (χ3n) is 4.37. The molecule has 0 aromatic heterocycles. The van der Waals surface area contributed by atoms with Crippen LogP contribution >= 0.6 is 0 Å². The maximum atomic E-state index is 12.2. The maximum Gasteiger partial charge on any atom is 0.415 e. The van der Waals surface area contributed by atoms with Crippen LogP contribution in [0.25, 0.3) is 0 Å². The minimum atomic E-state index is -4.65. The van der Waals surface area contributed by atoms with E-state index in [1.165, 1.54) is 4.90 Å². The number of ether oxygens (including phenoxy) is 3. The van der Waals surface area contributed by atoms with Gasteiger partial charge in [-0.2, -0.15) is 13.2 Å². The fourth-order valence-corrected chi connectivity index (χ4v) is 2.79. The number of hydrogen-bond acceptors (Lipinski definition) is 5. The molecule has 3 rings (SSSR count). The van der Waals surface area contributed by atoms with Gasteiger partial charge in [-0.25, -0.2) is 4.79 Å². The van der Waals surface area contributed by atoms with Crippen molar-refractivity contribution >= 4 is 11.8 Å². The van der Waals surface area contributed by atoms with E-state index in [1.54, 1.807) is 31.4 Å². The number of aliphatic hydroxyl groups is 1. The number of aliphatic hydroxyl groups excluding tert-OH is 1. The van der Waals surface area contributed by atoms with Crippen molar-refractivity contribution in [1.82, 2.24) is 0 Å². The molecule has 1 aromatic carbocycles. The number of carbonyl (C=O) groups excluding carboxylic acids is 1. The average molecular weight is 361 g/mol. The van der Waals surface area contributed by atoms with Crippen molar-refractivity contribution in [2.45, 2.75) is 36.8 Å². The van der Waals surface area contributed by atoms with Crippen molar-refractivity contribution in [3.05, 3.63) is 24.3 Å². The van der Waals surface area contributed by atoms with Crippen LogP contribution < -0.4 is 9.64 Å². The fourth-order valence-electron chi connectivity index (χ4n) is 2.79. The van der Waals surface area contributed by atoms with Crippen molar-refractivity contribution < 1.29 is 37.3 Å². The van der Waals surface area contributed by atoms with Gasteiger partial charge in [0.05, 0.1) is 13.2 Å². The van der Waals surface area contributed by atoms with E-state index >= 15 is 0 Å². The SMILES string of the molecule is COC1CC12CN(c1ccc(OCC[C@@H](O)C(F)(F)F)cc1)C(=O)O2. The zero-order valence-corrected chi connectivity index (χ0v) is 13.5. The Bertz CT molecular complexity index is 636. The van der Waals surface area contributed by atoms with Gasteiger partial charge >= 0.3 is 12.3 Å². The molecule has 1 heterocycles. The second-order valence-electron chi connectivity index (χ2n) is 6.14. The van der Waals surface area contributed by atoms with Gasteiger partial charge in [-0.05, 0) is 24.3 Å².